The lowest BCUT2D eigenvalue weighted by atomic mass is 9.90. The van der Waals surface area contributed by atoms with Crippen molar-refractivity contribution >= 4 is 26.7 Å². The number of hydrogen-bond donors (Lipinski definition) is 1. The molecule has 2 aromatic rings. The molecular weight excluding hydrogens is 310 g/mol. The Morgan fingerprint density at radius 3 is 2.55 bits per heavy atom. The minimum atomic E-state index is 0.524. The molecule has 0 spiro atoms. The first-order valence-electron chi connectivity index (χ1n) is 7.70. The molecule has 2 aromatic carbocycles. The van der Waals surface area contributed by atoms with E-state index in [4.69, 9.17) is 0 Å². The first-order valence-corrected chi connectivity index (χ1v) is 8.50. The molecule has 1 aliphatic carbocycles. The van der Waals surface area contributed by atoms with Crippen molar-refractivity contribution in [3.63, 3.8) is 0 Å². The molecule has 1 saturated carbocycles. The number of hydrogen-bond acceptors (Lipinski definition) is 1. The molecule has 1 atom stereocenters. The lowest BCUT2D eigenvalue weighted by Crippen LogP contribution is -2.26. The molecule has 0 radical (unpaired) electrons. The molecule has 1 N–H and O–H groups in total. The van der Waals surface area contributed by atoms with E-state index in [-0.39, 0.29) is 0 Å². The second kappa shape index (κ2) is 6.28. The molecule has 0 bridgehead atoms. The number of benzene rings is 2. The van der Waals surface area contributed by atoms with Gasteiger partial charge in [-0.2, -0.15) is 0 Å². The molecule has 1 aliphatic rings. The Hall–Kier alpha value is -0.860. The quantitative estimate of drug-likeness (QED) is 0.786. The fraction of sp³-hybridized carbons (Fsp3) is 0.444. The standard InChI is InChI=1S/C18H22BrN/c1-2-20-18(13-5-3-4-6-13)16-8-7-15-12-17(19)10-9-14(15)11-16/h7-13,18,20H,2-6H2,1H3. The van der Waals surface area contributed by atoms with Crippen molar-refractivity contribution < 1.29 is 0 Å². The summed E-state index contributed by atoms with van der Waals surface area (Å²) < 4.78 is 1.15. The fourth-order valence-corrected chi connectivity index (χ4v) is 3.87. The van der Waals surface area contributed by atoms with E-state index in [0.29, 0.717) is 6.04 Å². The predicted octanol–water partition coefficient (Wildman–Crippen LogP) is 5.44. The minimum Gasteiger partial charge on any atom is -0.310 e. The van der Waals surface area contributed by atoms with E-state index >= 15 is 0 Å². The van der Waals surface area contributed by atoms with Gasteiger partial charge in [0.1, 0.15) is 0 Å². The van der Waals surface area contributed by atoms with Crippen LogP contribution in [0.5, 0.6) is 0 Å². The van der Waals surface area contributed by atoms with Crippen LogP contribution in [0.15, 0.2) is 40.9 Å². The van der Waals surface area contributed by atoms with E-state index in [9.17, 15) is 0 Å². The Bertz CT molecular complexity index is 587. The zero-order valence-electron chi connectivity index (χ0n) is 12.0. The zero-order valence-corrected chi connectivity index (χ0v) is 13.6. The summed E-state index contributed by atoms with van der Waals surface area (Å²) in [5, 5.41) is 6.36. The molecule has 1 nitrogen and oxygen atoms in total. The highest BCUT2D eigenvalue weighted by Gasteiger charge is 2.25. The zero-order chi connectivity index (χ0) is 13.9. The van der Waals surface area contributed by atoms with Gasteiger partial charge < -0.3 is 5.32 Å². The van der Waals surface area contributed by atoms with Gasteiger partial charge in [0.05, 0.1) is 0 Å². The van der Waals surface area contributed by atoms with Gasteiger partial charge in [-0.1, -0.05) is 53.9 Å². The van der Waals surface area contributed by atoms with Crippen LogP contribution in [0.2, 0.25) is 0 Å². The number of fused-ring (bicyclic) bond motifs is 1. The summed E-state index contributed by atoms with van der Waals surface area (Å²) in [5.74, 6) is 0.808. The van der Waals surface area contributed by atoms with Crippen molar-refractivity contribution in [2.45, 2.75) is 38.6 Å². The average Bonchev–Trinajstić information content (AvgIpc) is 2.98. The largest absolute Gasteiger partial charge is 0.310 e. The van der Waals surface area contributed by atoms with E-state index < -0.39 is 0 Å². The van der Waals surface area contributed by atoms with Gasteiger partial charge in [-0.25, -0.2) is 0 Å². The third-order valence-corrected chi connectivity index (χ3v) is 4.97. The third kappa shape index (κ3) is 2.91. The fourth-order valence-electron chi connectivity index (χ4n) is 3.50. The van der Waals surface area contributed by atoms with E-state index in [1.165, 1.54) is 42.0 Å². The molecule has 3 rings (SSSR count). The van der Waals surface area contributed by atoms with E-state index in [1.54, 1.807) is 0 Å². The Morgan fingerprint density at radius 1 is 1.10 bits per heavy atom. The first-order chi connectivity index (χ1) is 9.78. The average molecular weight is 332 g/mol. The molecule has 20 heavy (non-hydrogen) atoms. The highest BCUT2D eigenvalue weighted by molar-refractivity contribution is 9.10. The highest BCUT2D eigenvalue weighted by atomic mass is 79.9. The Morgan fingerprint density at radius 2 is 1.80 bits per heavy atom. The summed E-state index contributed by atoms with van der Waals surface area (Å²) >= 11 is 3.55. The van der Waals surface area contributed by atoms with Crippen LogP contribution in [0.1, 0.15) is 44.2 Å². The maximum absolute atomic E-state index is 3.71. The second-order valence-electron chi connectivity index (χ2n) is 5.83. The predicted molar refractivity (Wildman–Crippen MR) is 90.0 cm³/mol. The molecule has 0 saturated heterocycles. The highest BCUT2D eigenvalue weighted by Crippen LogP contribution is 2.36. The van der Waals surface area contributed by atoms with Gasteiger partial charge in [0.25, 0.3) is 0 Å². The van der Waals surface area contributed by atoms with Gasteiger partial charge in [-0.15, -0.1) is 0 Å². The molecule has 0 amide bonds. The molecule has 0 aliphatic heterocycles. The molecular formula is C18H22BrN. The van der Waals surface area contributed by atoms with Crippen molar-refractivity contribution in [2.75, 3.05) is 6.54 Å². The van der Waals surface area contributed by atoms with Crippen molar-refractivity contribution in [1.82, 2.24) is 5.32 Å². The summed E-state index contributed by atoms with van der Waals surface area (Å²) in [6.45, 7) is 3.25. The van der Waals surface area contributed by atoms with Gasteiger partial charge in [0.15, 0.2) is 0 Å². The maximum Gasteiger partial charge on any atom is 0.0348 e. The van der Waals surface area contributed by atoms with Crippen LogP contribution >= 0.6 is 15.9 Å². The molecule has 1 fully saturated rings. The molecule has 0 aromatic heterocycles. The summed E-state index contributed by atoms with van der Waals surface area (Å²) in [6.07, 6.45) is 5.53. The Kier molecular flexibility index (Phi) is 4.42. The lowest BCUT2D eigenvalue weighted by molar-refractivity contribution is 0.375. The van der Waals surface area contributed by atoms with Crippen molar-refractivity contribution in [1.29, 1.82) is 0 Å². The van der Waals surface area contributed by atoms with Crippen LogP contribution in [0.4, 0.5) is 0 Å². The number of rotatable bonds is 4. The van der Waals surface area contributed by atoms with E-state index in [2.05, 4.69) is 64.6 Å². The summed E-state index contributed by atoms with van der Waals surface area (Å²) in [4.78, 5) is 0. The van der Waals surface area contributed by atoms with E-state index in [1.807, 2.05) is 0 Å². The van der Waals surface area contributed by atoms with Crippen LogP contribution in [0.3, 0.4) is 0 Å². The molecule has 0 heterocycles. The van der Waals surface area contributed by atoms with Gasteiger partial charge in [0.2, 0.25) is 0 Å². The lowest BCUT2D eigenvalue weighted by Gasteiger charge is -2.25. The van der Waals surface area contributed by atoms with Crippen molar-refractivity contribution in [3.05, 3.63) is 46.4 Å². The van der Waals surface area contributed by atoms with Crippen LogP contribution in [-0.4, -0.2) is 6.54 Å². The van der Waals surface area contributed by atoms with Crippen LogP contribution in [0, 0.1) is 5.92 Å². The smallest absolute Gasteiger partial charge is 0.0348 e. The van der Waals surface area contributed by atoms with Crippen molar-refractivity contribution in [3.8, 4) is 0 Å². The number of halogens is 1. The SMILES string of the molecule is CCNC(c1ccc2cc(Br)ccc2c1)C1CCCC1. The molecule has 106 valence electrons. The number of nitrogens with one attached hydrogen (secondary N) is 1. The molecule has 1 unspecified atom stereocenters. The van der Waals surface area contributed by atoms with Gasteiger partial charge >= 0.3 is 0 Å². The summed E-state index contributed by atoms with van der Waals surface area (Å²) in [5.41, 5.74) is 1.45. The van der Waals surface area contributed by atoms with Crippen LogP contribution in [-0.2, 0) is 0 Å². The second-order valence-corrected chi connectivity index (χ2v) is 6.75. The third-order valence-electron chi connectivity index (χ3n) is 4.48. The van der Waals surface area contributed by atoms with Crippen LogP contribution in [0.25, 0.3) is 10.8 Å². The Labute approximate surface area is 129 Å². The first kappa shape index (κ1) is 14.1. The Balaban J connectivity index is 1.95. The molecule has 2 heteroatoms. The van der Waals surface area contributed by atoms with Crippen LogP contribution < -0.4 is 5.32 Å². The normalized spacial score (nSPS) is 17.7. The van der Waals surface area contributed by atoms with Gasteiger partial charge in [-0.05, 0) is 59.8 Å². The van der Waals surface area contributed by atoms with Gasteiger partial charge in [0, 0.05) is 10.5 Å². The van der Waals surface area contributed by atoms with E-state index in [0.717, 1.165) is 16.9 Å². The summed E-state index contributed by atoms with van der Waals surface area (Å²) in [7, 11) is 0. The van der Waals surface area contributed by atoms with Gasteiger partial charge in [-0.3, -0.25) is 0 Å². The monoisotopic (exact) mass is 331 g/mol. The topological polar surface area (TPSA) is 12.0 Å². The summed E-state index contributed by atoms with van der Waals surface area (Å²) in [6, 6.07) is 14.0. The van der Waals surface area contributed by atoms with Crippen molar-refractivity contribution in [2.24, 2.45) is 5.92 Å². The maximum atomic E-state index is 3.71. The minimum absolute atomic E-state index is 0.524.